The van der Waals surface area contributed by atoms with Gasteiger partial charge in [0.15, 0.2) is 0 Å². The van der Waals surface area contributed by atoms with Crippen LogP contribution in [0.2, 0.25) is 0 Å². The fourth-order valence-electron chi connectivity index (χ4n) is 2.89. The molecule has 2 aromatic carbocycles. The second kappa shape index (κ2) is 9.22. The number of phenols is 2. The van der Waals surface area contributed by atoms with Crippen LogP contribution in [0.25, 0.3) is 0 Å². The van der Waals surface area contributed by atoms with Crippen molar-refractivity contribution >= 4 is 31.9 Å². The summed E-state index contributed by atoms with van der Waals surface area (Å²) < 4.78 is 1.42. The molecule has 142 valence electrons. The average molecular weight is 486 g/mol. The van der Waals surface area contributed by atoms with E-state index < -0.39 is 0 Å². The molecule has 0 aromatic heterocycles. The Hall–Kier alpha value is -1.08. The summed E-state index contributed by atoms with van der Waals surface area (Å²) in [5.74, 6) is 0.556. The molecular weight excluding hydrogens is 460 g/mol. The van der Waals surface area contributed by atoms with Gasteiger partial charge in [-0.05, 0) is 83.1 Å². The number of aryl methyl sites for hydroxylation is 2. The van der Waals surface area contributed by atoms with E-state index in [1.165, 1.54) is 0 Å². The van der Waals surface area contributed by atoms with Crippen LogP contribution in [0, 0.1) is 13.8 Å². The monoisotopic (exact) mass is 484 g/mol. The van der Waals surface area contributed by atoms with Gasteiger partial charge in [0.25, 0.3) is 0 Å². The first kappa shape index (κ1) is 21.2. The van der Waals surface area contributed by atoms with Crippen molar-refractivity contribution < 1.29 is 10.2 Å². The van der Waals surface area contributed by atoms with Gasteiger partial charge in [-0.15, -0.1) is 0 Å². The Labute approximate surface area is 172 Å². The van der Waals surface area contributed by atoms with Crippen molar-refractivity contribution in [3.8, 4) is 11.5 Å². The van der Waals surface area contributed by atoms with Crippen LogP contribution in [0.1, 0.15) is 22.3 Å². The zero-order valence-electron chi connectivity index (χ0n) is 15.7. The van der Waals surface area contributed by atoms with E-state index >= 15 is 0 Å². The molecule has 0 bridgehead atoms. The van der Waals surface area contributed by atoms with E-state index in [0.29, 0.717) is 22.0 Å². The number of benzene rings is 2. The van der Waals surface area contributed by atoms with Crippen LogP contribution in [0.4, 0.5) is 0 Å². The van der Waals surface area contributed by atoms with E-state index in [4.69, 9.17) is 0 Å². The summed E-state index contributed by atoms with van der Waals surface area (Å²) in [4.78, 5) is 4.37. The highest BCUT2D eigenvalue weighted by atomic mass is 79.9. The van der Waals surface area contributed by atoms with E-state index in [-0.39, 0.29) is 11.5 Å². The minimum Gasteiger partial charge on any atom is -0.506 e. The first-order chi connectivity index (χ1) is 12.2. The second-order valence-electron chi connectivity index (χ2n) is 7.02. The van der Waals surface area contributed by atoms with Gasteiger partial charge >= 0.3 is 0 Å². The maximum absolute atomic E-state index is 10.4. The van der Waals surface area contributed by atoms with Crippen molar-refractivity contribution in [2.24, 2.45) is 0 Å². The van der Waals surface area contributed by atoms with Gasteiger partial charge in [0.1, 0.15) is 11.5 Å². The Bertz CT molecular complexity index is 719. The number of rotatable bonds is 7. The molecule has 0 aliphatic rings. The Morgan fingerprint density at radius 2 is 1.19 bits per heavy atom. The summed E-state index contributed by atoms with van der Waals surface area (Å²) in [6.07, 6.45) is 0. The smallest absolute Gasteiger partial charge is 0.134 e. The Morgan fingerprint density at radius 3 is 1.58 bits per heavy atom. The van der Waals surface area contributed by atoms with Crippen molar-refractivity contribution in [2.75, 3.05) is 27.2 Å². The van der Waals surface area contributed by atoms with Crippen molar-refractivity contribution in [3.63, 3.8) is 0 Å². The lowest BCUT2D eigenvalue weighted by Gasteiger charge is -2.26. The van der Waals surface area contributed by atoms with E-state index in [0.717, 1.165) is 35.3 Å². The quantitative estimate of drug-likeness (QED) is 0.591. The van der Waals surface area contributed by atoms with E-state index in [1.54, 1.807) is 0 Å². The fourth-order valence-corrected chi connectivity index (χ4v) is 4.12. The summed E-state index contributed by atoms with van der Waals surface area (Å²) >= 11 is 6.85. The molecular formula is C20H26Br2N2O2. The SMILES string of the molecule is Cc1cc(Br)c(O)c(CN(CCN(C)C)Cc2cc(C)cc(Br)c2O)c1. The molecule has 0 atom stereocenters. The Kier molecular flexibility index (Phi) is 7.52. The molecule has 0 saturated heterocycles. The number of likely N-dealkylation sites (N-methyl/N-ethyl adjacent to an activating group) is 1. The first-order valence-electron chi connectivity index (χ1n) is 8.50. The van der Waals surface area contributed by atoms with Crippen LogP contribution in [0.3, 0.4) is 0 Å². The van der Waals surface area contributed by atoms with Crippen LogP contribution >= 0.6 is 31.9 Å². The molecule has 0 amide bonds. The molecule has 26 heavy (non-hydrogen) atoms. The van der Waals surface area contributed by atoms with Gasteiger partial charge in [0, 0.05) is 37.3 Å². The summed E-state index contributed by atoms with van der Waals surface area (Å²) in [5.41, 5.74) is 3.94. The number of aromatic hydroxyl groups is 2. The largest absolute Gasteiger partial charge is 0.506 e. The lowest BCUT2D eigenvalue weighted by molar-refractivity contribution is 0.221. The third kappa shape index (κ3) is 5.71. The molecule has 2 rings (SSSR count). The maximum atomic E-state index is 10.4. The summed E-state index contributed by atoms with van der Waals surface area (Å²) in [5, 5.41) is 20.8. The zero-order chi connectivity index (χ0) is 19.4. The summed E-state index contributed by atoms with van der Waals surface area (Å²) in [6.45, 7) is 6.95. The number of hydrogen-bond acceptors (Lipinski definition) is 4. The number of hydrogen-bond donors (Lipinski definition) is 2. The van der Waals surface area contributed by atoms with Crippen molar-refractivity contribution in [1.82, 2.24) is 9.80 Å². The highest BCUT2D eigenvalue weighted by molar-refractivity contribution is 9.10. The minimum absolute atomic E-state index is 0.278. The number of halogens is 2. The lowest BCUT2D eigenvalue weighted by Crippen LogP contribution is -2.31. The molecule has 6 heteroatoms. The highest BCUT2D eigenvalue weighted by Crippen LogP contribution is 2.33. The topological polar surface area (TPSA) is 46.9 Å². The molecule has 2 aromatic rings. The minimum atomic E-state index is 0.278. The van der Waals surface area contributed by atoms with Crippen LogP contribution in [0.15, 0.2) is 33.2 Å². The Morgan fingerprint density at radius 1 is 0.769 bits per heavy atom. The summed E-state index contributed by atoms with van der Waals surface area (Å²) in [6, 6.07) is 7.84. The van der Waals surface area contributed by atoms with Crippen LogP contribution in [-0.2, 0) is 13.1 Å². The molecule has 0 saturated carbocycles. The lowest BCUT2D eigenvalue weighted by atomic mass is 10.1. The van der Waals surface area contributed by atoms with Crippen molar-refractivity contribution in [2.45, 2.75) is 26.9 Å². The average Bonchev–Trinajstić information content (AvgIpc) is 2.54. The third-order valence-electron chi connectivity index (χ3n) is 4.22. The standard InChI is InChI=1S/C20H26Br2N2O2/c1-13-7-15(19(25)17(21)9-13)11-24(6-5-23(3)4)12-16-8-14(2)10-18(22)20(16)26/h7-10,25-26H,5-6,11-12H2,1-4H3. The summed E-state index contributed by atoms with van der Waals surface area (Å²) in [7, 11) is 4.08. The molecule has 0 radical (unpaired) electrons. The van der Waals surface area contributed by atoms with Crippen LogP contribution in [0.5, 0.6) is 11.5 Å². The molecule has 4 nitrogen and oxygen atoms in total. The van der Waals surface area contributed by atoms with Gasteiger partial charge in [-0.3, -0.25) is 4.90 Å². The molecule has 0 unspecified atom stereocenters. The number of phenolic OH excluding ortho intramolecular Hbond substituents is 2. The maximum Gasteiger partial charge on any atom is 0.134 e. The predicted octanol–water partition coefficient (Wildman–Crippen LogP) is 4.80. The highest BCUT2D eigenvalue weighted by Gasteiger charge is 2.16. The number of nitrogens with zero attached hydrogens (tertiary/aromatic N) is 2. The second-order valence-corrected chi connectivity index (χ2v) is 8.73. The van der Waals surface area contributed by atoms with E-state index in [9.17, 15) is 10.2 Å². The van der Waals surface area contributed by atoms with Crippen molar-refractivity contribution in [1.29, 1.82) is 0 Å². The van der Waals surface area contributed by atoms with Gasteiger partial charge in [0.05, 0.1) is 8.95 Å². The molecule has 0 aliphatic heterocycles. The molecule has 0 aliphatic carbocycles. The molecule has 0 heterocycles. The molecule has 0 spiro atoms. The van der Waals surface area contributed by atoms with E-state index in [1.807, 2.05) is 52.2 Å². The normalized spacial score (nSPS) is 11.5. The predicted molar refractivity (Wildman–Crippen MR) is 114 cm³/mol. The molecule has 2 N–H and O–H groups in total. The first-order valence-corrected chi connectivity index (χ1v) is 10.1. The van der Waals surface area contributed by atoms with Crippen molar-refractivity contribution in [3.05, 3.63) is 55.5 Å². The van der Waals surface area contributed by atoms with Crippen LogP contribution in [-0.4, -0.2) is 47.2 Å². The van der Waals surface area contributed by atoms with E-state index in [2.05, 4.69) is 41.7 Å². The third-order valence-corrected chi connectivity index (χ3v) is 5.43. The Balaban J connectivity index is 2.30. The van der Waals surface area contributed by atoms with Gasteiger partial charge in [-0.1, -0.05) is 12.1 Å². The molecule has 0 fully saturated rings. The zero-order valence-corrected chi connectivity index (χ0v) is 18.9. The van der Waals surface area contributed by atoms with Crippen LogP contribution < -0.4 is 0 Å². The van der Waals surface area contributed by atoms with Gasteiger partial charge in [-0.25, -0.2) is 0 Å². The van der Waals surface area contributed by atoms with Gasteiger partial charge in [-0.2, -0.15) is 0 Å². The van der Waals surface area contributed by atoms with Gasteiger partial charge < -0.3 is 15.1 Å². The van der Waals surface area contributed by atoms with Gasteiger partial charge in [0.2, 0.25) is 0 Å². The fraction of sp³-hybridized carbons (Fsp3) is 0.400.